The smallest absolute Gasteiger partial charge is 0.0171 e. The third kappa shape index (κ3) is 8.08. The van der Waals surface area contributed by atoms with Gasteiger partial charge in [0.25, 0.3) is 0 Å². The summed E-state index contributed by atoms with van der Waals surface area (Å²) in [4.78, 5) is 0. The highest BCUT2D eigenvalue weighted by Crippen LogP contribution is 2.20. The molecule has 0 nitrogen and oxygen atoms in total. The molecular weight excluding hydrogens is 156 g/mol. The monoisotopic (exact) mass is 181 g/mol. The van der Waals surface area contributed by atoms with Gasteiger partial charge in [-0.05, 0) is 18.8 Å². The van der Waals surface area contributed by atoms with Crippen LogP contribution in [0.25, 0.3) is 0 Å². The zero-order valence-corrected chi connectivity index (χ0v) is 9.39. The van der Waals surface area contributed by atoms with Crippen LogP contribution in [0.2, 0.25) is 0 Å². The Morgan fingerprint density at radius 3 is 2.38 bits per heavy atom. The maximum atomic E-state index is 3.73. The molecule has 0 aliphatic rings. The van der Waals surface area contributed by atoms with Gasteiger partial charge in [-0.2, -0.15) is 0 Å². The molecule has 0 amide bonds. The second-order valence-corrected chi connectivity index (χ2v) is 3.86. The average Bonchev–Trinajstić information content (AvgIpc) is 2.14. The van der Waals surface area contributed by atoms with E-state index in [1.807, 2.05) is 6.08 Å². The van der Waals surface area contributed by atoms with Crippen molar-refractivity contribution in [1.82, 2.24) is 0 Å². The van der Waals surface area contributed by atoms with Gasteiger partial charge in [-0.25, -0.2) is 0 Å². The van der Waals surface area contributed by atoms with E-state index in [1.165, 1.54) is 44.9 Å². The van der Waals surface area contributed by atoms with Crippen molar-refractivity contribution in [2.45, 2.75) is 58.8 Å². The maximum Gasteiger partial charge on any atom is -0.0171 e. The first kappa shape index (κ1) is 12.7. The van der Waals surface area contributed by atoms with Crippen molar-refractivity contribution in [2.75, 3.05) is 0 Å². The van der Waals surface area contributed by atoms with E-state index < -0.39 is 0 Å². The first-order valence-corrected chi connectivity index (χ1v) is 5.79. The molecule has 0 fully saturated rings. The van der Waals surface area contributed by atoms with E-state index in [-0.39, 0.29) is 0 Å². The Balaban J connectivity index is 3.46. The lowest BCUT2D eigenvalue weighted by atomic mass is 9.92. The van der Waals surface area contributed by atoms with Crippen LogP contribution in [0.1, 0.15) is 58.8 Å². The first-order valence-electron chi connectivity index (χ1n) is 5.79. The van der Waals surface area contributed by atoms with Gasteiger partial charge in [-0.3, -0.25) is 0 Å². The minimum atomic E-state index is 0.912. The molecule has 0 heteroatoms. The van der Waals surface area contributed by atoms with Crippen LogP contribution >= 0.6 is 0 Å². The molecule has 0 aromatic heterocycles. The first-order chi connectivity index (χ1) is 6.35. The predicted molar refractivity (Wildman–Crippen MR) is 61.7 cm³/mol. The van der Waals surface area contributed by atoms with Crippen LogP contribution in [-0.2, 0) is 0 Å². The number of allylic oxidation sites excluding steroid dienone is 1. The van der Waals surface area contributed by atoms with Crippen LogP contribution in [0, 0.1) is 12.3 Å². The van der Waals surface area contributed by atoms with Crippen LogP contribution in [0.5, 0.6) is 0 Å². The molecule has 13 heavy (non-hydrogen) atoms. The summed E-state index contributed by atoms with van der Waals surface area (Å²) >= 11 is 0. The molecule has 0 aliphatic heterocycles. The number of unbranched alkanes of at least 4 members (excludes halogenated alkanes) is 2. The van der Waals surface area contributed by atoms with E-state index in [2.05, 4.69) is 26.8 Å². The van der Waals surface area contributed by atoms with Gasteiger partial charge in [0.2, 0.25) is 0 Å². The van der Waals surface area contributed by atoms with Crippen molar-refractivity contribution in [2.24, 2.45) is 5.92 Å². The summed E-state index contributed by atoms with van der Waals surface area (Å²) in [5, 5.41) is 0. The molecule has 1 atom stereocenters. The molecule has 1 radical (unpaired) electrons. The Labute approximate surface area is 84.4 Å². The summed E-state index contributed by atoms with van der Waals surface area (Å²) in [6.07, 6.45) is 13.6. The molecule has 0 heterocycles. The quantitative estimate of drug-likeness (QED) is 0.450. The fourth-order valence-electron chi connectivity index (χ4n) is 1.76. The zero-order valence-electron chi connectivity index (χ0n) is 9.39. The molecule has 77 valence electrons. The highest BCUT2D eigenvalue weighted by atomic mass is 14.1. The van der Waals surface area contributed by atoms with Crippen LogP contribution in [-0.4, -0.2) is 0 Å². The summed E-state index contributed by atoms with van der Waals surface area (Å²) in [5.74, 6) is 0.912. The lowest BCUT2D eigenvalue weighted by molar-refractivity contribution is 0.421. The van der Waals surface area contributed by atoms with Gasteiger partial charge in [-0.1, -0.05) is 58.4 Å². The molecule has 0 aliphatic carbocycles. The molecule has 0 aromatic carbocycles. The van der Waals surface area contributed by atoms with Gasteiger partial charge in [0.15, 0.2) is 0 Å². The van der Waals surface area contributed by atoms with E-state index in [9.17, 15) is 0 Å². The van der Waals surface area contributed by atoms with Gasteiger partial charge in [0.05, 0.1) is 0 Å². The Bertz CT molecular complexity index is 105. The number of hydrogen-bond donors (Lipinski definition) is 0. The molecule has 0 spiro atoms. The number of hydrogen-bond acceptors (Lipinski definition) is 0. The molecule has 0 N–H and O–H groups in total. The standard InChI is InChI=1S/C13H25/c1-4-7-9-12-13(10-6-3)11-8-5-2/h5,8,13H,2,4,6-7,9-12H2,1,3H3. The van der Waals surface area contributed by atoms with E-state index >= 15 is 0 Å². The SMILES string of the molecule is C=C[CH]CC(CCC)CCCCC. The molecule has 0 saturated heterocycles. The lowest BCUT2D eigenvalue weighted by Gasteiger charge is -2.14. The second-order valence-electron chi connectivity index (χ2n) is 3.86. The Hall–Kier alpha value is -0.260. The van der Waals surface area contributed by atoms with Crippen molar-refractivity contribution < 1.29 is 0 Å². The van der Waals surface area contributed by atoms with Crippen molar-refractivity contribution >= 4 is 0 Å². The summed E-state index contributed by atoms with van der Waals surface area (Å²) in [7, 11) is 0. The predicted octanol–water partition coefficient (Wildman–Crippen LogP) is 4.76. The van der Waals surface area contributed by atoms with Crippen molar-refractivity contribution in [3.05, 3.63) is 19.1 Å². The maximum absolute atomic E-state index is 3.73. The van der Waals surface area contributed by atoms with Crippen molar-refractivity contribution in [3.8, 4) is 0 Å². The zero-order chi connectivity index (χ0) is 9.94. The van der Waals surface area contributed by atoms with Crippen LogP contribution in [0.3, 0.4) is 0 Å². The van der Waals surface area contributed by atoms with Gasteiger partial charge in [0.1, 0.15) is 0 Å². The summed E-state index contributed by atoms with van der Waals surface area (Å²) in [6.45, 7) is 8.28. The van der Waals surface area contributed by atoms with E-state index in [0.29, 0.717) is 0 Å². The minimum Gasteiger partial charge on any atom is -0.103 e. The normalized spacial score (nSPS) is 12.8. The minimum absolute atomic E-state index is 0.912. The van der Waals surface area contributed by atoms with Crippen LogP contribution < -0.4 is 0 Å². The highest BCUT2D eigenvalue weighted by molar-refractivity contribution is 4.87. The molecule has 0 rings (SSSR count). The topological polar surface area (TPSA) is 0 Å². The van der Waals surface area contributed by atoms with Crippen LogP contribution in [0.15, 0.2) is 12.7 Å². The van der Waals surface area contributed by atoms with E-state index in [1.54, 1.807) is 0 Å². The van der Waals surface area contributed by atoms with Gasteiger partial charge in [0, 0.05) is 0 Å². The number of rotatable bonds is 9. The summed E-state index contributed by atoms with van der Waals surface area (Å²) in [6, 6.07) is 0. The van der Waals surface area contributed by atoms with Crippen LogP contribution in [0.4, 0.5) is 0 Å². The third-order valence-corrected chi connectivity index (χ3v) is 2.55. The van der Waals surface area contributed by atoms with E-state index in [4.69, 9.17) is 0 Å². The summed E-state index contributed by atoms with van der Waals surface area (Å²) < 4.78 is 0. The molecule has 1 unspecified atom stereocenters. The molecule has 0 bridgehead atoms. The van der Waals surface area contributed by atoms with Gasteiger partial charge in [-0.15, -0.1) is 6.58 Å². The van der Waals surface area contributed by atoms with Gasteiger partial charge < -0.3 is 0 Å². The molecule has 0 saturated carbocycles. The Kier molecular flexibility index (Phi) is 9.63. The fourth-order valence-corrected chi connectivity index (χ4v) is 1.76. The molecular formula is C13H25. The average molecular weight is 181 g/mol. The third-order valence-electron chi connectivity index (χ3n) is 2.55. The largest absolute Gasteiger partial charge is 0.103 e. The Morgan fingerprint density at radius 1 is 1.08 bits per heavy atom. The lowest BCUT2D eigenvalue weighted by Crippen LogP contribution is -2.00. The summed E-state index contributed by atoms with van der Waals surface area (Å²) in [5.41, 5.74) is 0. The van der Waals surface area contributed by atoms with Crippen molar-refractivity contribution in [3.63, 3.8) is 0 Å². The molecule has 0 aromatic rings. The highest BCUT2D eigenvalue weighted by Gasteiger charge is 2.05. The second kappa shape index (κ2) is 9.83. The van der Waals surface area contributed by atoms with Crippen molar-refractivity contribution in [1.29, 1.82) is 0 Å². The Morgan fingerprint density at radius 2 is 1.85 bits per heavy atom. The fraction of sp³-hybridized carbons (Fsp3) is 0.769. The van der Waals surface area contributed by atoms with E-state index in [0.717, 1.165) is 5.92 Å². The van der Waals surface area contributed by atoms with Gasteiger partial charge >= 0.3 is 0 Å².